The second-order valence-corrected chi connectivity index (χ2v) is 9.52. The molecule has 1 aromatic carbocycles. The van der Waals surface area contributed by atoms with Gasteiger partial charge in [-0.15, -0.1) is 0 Å². The summed E-state index contributed by atoms with van der Waals surface area (Å²) < 4.78 is 5.57. The van der Waals surface area contributed by atoms with Gasteiger partial charge in [-0.1, -0.05) is 41.6 Å². The Morgan fingerprint density at radius 3 is 2.58 bits per heavy atom. The van der Waals surface area contributed by atoms with Gasteiger partial charge in [0.05, 0.1) is 29.8 Å². The minimum absolute atomic E-state index is 0.000220. The second kappa shape index (κ2) is 8.91. The first-order valence-electron chi connectivity index (χ1n) is 10.8. The van der Waals surface area contributed by atoms with Crippen LogP contribution in [0.3, 0.4) is 0 Å². The maximum Gasteiger partial charge on any atom is 0.338 e. The summed E-state index contributed by atoms with van der Waals surface area (Å²) in [6, 6.07) is 7.77. The summed E-state index contributed by atoms with van der Waals surface area (Å²) in [5, 5.41) is 5.80. The van der Waals surface area contributed by atoms with Gasteiger partial charge in [0, 0.05) is 12.2 Å². The summed E-state index contributed by atoms with van der Waals surface area (Å²) in [5.41, 5.74) is 4.15. The van der Waals surface area contributed by atoms with Crippen LogP contribution in [-0.2, 0) is 14.3 Å². The maximum absolute atomic E-state index is 13.1. The first-order valence-corrected chi connectivity index (χ1v) is 11.7. The number of fused-ring (bicyclic) bond motifs is 1. The van der Waals surface area contributed by atoms with Crippen molar-refractivity contribution in [1.82, 2.24) is 10.2 Å². The van der Waals surface area contributed by atoms with Crippen LogP contribution in [0.5, 0.6) is 0 Å². The van der Waals surface area contributed by atoms with Gasteiger partial charge in [0.25, 0.3) is 0 Å². The van der Waals surface area contributed by atoms with E-state index in [-0.39, 0.29) is 30.4 Å². The number of aryl methyl sites for hydroxylation is 1. The highest BCUT2D eigenvalue weighted by Crippen LogP contribution is 2.45. The van der Waals surface area contributed by atoms with E-state index in [1.807, 2.05) is 62.3 Å². The third-order valence-corrected chi connectivity index (χ3v) is 6.47. The Balaban J connectivity index is 1.66. The summed E-state index contributed by atoms with van der Waals surface area (Å²) in [5.74, 6) is 0.266. The standard InChI is InChI=1S/C24H29N3O3S/c1-14(2)30-23(29)21-16(4)26-24-27(22(21)18-9-5-15(3)6-10-18)19(13-31-24)11-20(28)25-12-17-7-8-17/h5-6,9-10,13-14,17,22H,7-8,11-12H2,1-4H3,(H,25,28). The van der Waals surface area contributed by atoms with E-state index < -0.39 is 0 Å². The number of carbonyl (C=O) groups is 2. The van der Waals surface area contributed by atoms with Crippen molar-refractivity contribution in [3.63, 3.8) is 0 Å². The third kappa shape index (κ3) is 4.87. The van der Waals surface area contributed by atoms with Crippen molar-refractivity contribution >= 4 is 28.8 Å². The number of benzene rings is 1. The fraction of sp³-hybridized carbons (Fsp3) is 0.458. The lowest BCUT2D eigenvalue weighted by atomic mass is 9.93. The Labute approximate surface area is 187 Å². The number of thioether (sulfide) groups is 1. The monoisotopic (exact) mass is 439 g/mol. The van der Waals surface area contributed by atoms with E-state index in [4.69, 9.17) is 4.74 Å². The van der Waals surface area contributed by atoms with Gasteiger partial charge in [-0.2, -0.15) is 0 Å². The van der Waals surface area contributed by atoms with Crippen molar-refractivity contribution in [2.75, 3.05) is 6.54 Å². The molecule has 1 atom stereocenters. The molecule has 6 nitrogen and oxygen atoms in total. The summed E-state index contributed by atoms with van der Waals surface area (Å²) in [6.07, 6.45) is 2.42. The number of esters is 1. The third-order valence-electron chi connectivity index (χ3n) is 5.58. The van der Waals surface area contributed by atoms with Crippen molar-refractivity contribution in [2.45, 2.75) is 59.1 Å². The molecule has 164 valence electrons. The lowest BCUT2D eigenvalue weighted by molar-refractivity contribution is -0.143. The molecule has 1 aliphatic carbocycles. The Morgan fingerprint density at radius 2 is 1.94 bits per heavy atom. The summed E-state index contributed by atoms with van der Waals surface area (Å²) in [4.78, 5) is 32.4. The van der Waals surface area contributed by atoms with Crippen LogP contribution in [0.2, 0.25) is 0 Å². The van der Waals surface area contributed by atoms with Gasteiger partial charge in [-0.3, -0.25) is 4.79 Å². The highest BCUT2D eigenvalue weighted by Gasteiger charge is 2.41. The minimum atomic E-state index is -0.378. The van der Waals surface area contributed by atoms with Gasteiger partial charge in [0.15, 0.2) is 5.17 Å². The molecule has 31 heavy (non-hydrogen) atoms. The summed E-state index contributed by atoms with van der Waals surface area (Å²) >= 11 is 1.49. The molecule has 0 bridgehead atoms. The average Bonchev–Trinajstić information content (AvgIpc) is 3.46. The fourth-order valence-electron chi connectivity index (χ4n) is 3.78. The number of nitrogens with one attached hydrogen (secondary N) is 1. The zero-order chi connectivity index (χ0) is 22.1. The van der Waals surface area contributed by atoms with E-state index in [9.17, 15) is 9.59 Å². The number of hydrogen-bond acceptors (Lipinski definition) is 6. The van der Waals surface area contributed by atoms with Gasteiger partial charge in [-0.25, -0.2) is 9.79 Å². The van der Waals surface area contributed by atoms with Crippen LogP contribution in [0.1, 0.15) is 57.2 Å². The maximum atomic E-state index is 13.1. The molecule has 1 amide bonds. The molecule has 2 aliphatic heterocycles. The Morgan fingerprint density at radius 1 is 1.23 bits per heavy atom. The molecular weight excluding hydrogens is 410 g/mol. The van der Waals surface area contributed by atoms with Crippen LogP contribution in [0.15, 0.2) is 51.6 Å². The first kappa shape index (κ1) is 21.7. The lowest BCUT2D eigenvalue weighted by Gasteiger charge is -2.36. The Bertz CT molecular complexity index is 974. The van der Waals surface area contributed by atoms with E-state index in [1.54, 1.807) is 0 Å². The van der Waals surface area contributed by atoms with Crippen molar-refractivity contribution < 1.29 is 14.3 Å². The summed E-state index contributed by atoms with van der Waals surface area (Å²) in [7, 11) is 0. The number of allylic oxidation sites excluding steroid dienone is 1. The normalized spacial score (nSPS) is 20.4. The molecule has 4 rings (SSSR count). The molecule has 1 saturated carbocycles. The van der Waals surface area contributed by atoms with Gasteiger partial charge in [0.2, 0.25) is 5.91 Å². The Hall–Kier alpha value is -2.54. The predicted octanol–water partition coefficient (Wildman–Crippen LogP) is 4.44. The van der Waals surface area contributed by atoms with Gasteiger partial charge in [-0.05, 0) is 57.4 Å². The van der Waals surface area contributed by atoms with Gasteiger partial charge < -0.3 is 15.0 Å². The molecule has 2 heterocycles. The van der Waals surface area contributed by atoms with Crippen LogP contribution < -0.4 is 5.32 Å². The van der Waals surface area contributed by atoms with Crippen LogP contribution >= 0.6 is 11.8 Å². The second-order valence-electron chi connectivity index (χ2n) is 8.68. The molecule has 7 heteroatoms. The minimum Gasteiger partial charge on any atom is -0.459 e. The molecular formula is C24H29N3O3S. The molecule has 0 radical (unpaired) electrons. The number of nitrogens with zero attached hydrogens (tertiary/aromatic N) is 2. The molecule has 1 unspecified atom stereocenters. The van der Waals surface area contributed by atoms with Crippen LogP contribution in [0.4, 0.5) is 0 Å². The van der Waals surface area contributed by atoms with Crippen molar-refractivity contribution in [3.8, 4) is 0 Å². The first-order chi connectivity index (χ1) is 14.8. The number of aliphatic imine (C=N–C) groups is 1. The number of carbonyl (C=O) groups excluding carboxylic acids is 2. The topological polar surface area (TPSA) is 71.0 Å². The molecule has 3 aliphatic rings. The molecule has 1 fully saturated rings. The average molecular weight is 440 g/mol. The van der Waals surface area contributed by atoms with Gasteiger partial charge in [0.1, 0.15) is 0 Å². The van der Waals surface area contributed by atoms with E-state index in [0.29, 0.717) is 17.2 Å². The number of amidine groups is 1. The number of ether oxygens (including phenoxy) is 1. The van der Waals surface area contributed by atoms with E-state index in [1.165, 1.54) is 24.6 Å². The highest BCUT2D eigenvalue weighted by molar-refractivity contribution is 8.16. The van der Waals surface area contributed by atoms with E-state index in [2.05, 4.69) is 10.3 Å². The fourth-order valence-corrected chi connectivity index (χ4v) is 4.74. The number of hydrogen-bond donors (Lipinski definition) is 1. The quantitative estimate of drug-likeness (QED) is 0.636. The molecule has 0 saturated heterocycles. The number of rotatable bonds is 7. The Kier molecular flexibility index (Phi) is 6.23. The van der Waals surface area contributed by atoms with Crippen LogP contribution in [0.25, 0.3) is 0 Å². The zero-order valence-electron chi connectivity index (χ0n) is 18.5. The lowest BCUT2D eigenvalue weighted by Crippen LogP contribution is -2.38. The molecule has 1 aromatic rings. The molecule has 0 spiro atoms. The largest absolute Gasteiger partial charge is 0.459 e. The van der Waals surface area contributed by atoms with Crippen molar-refractivity contribution in [1.29, 1.82) is 0 Å². The van der Waals surface area contributed by atoms with Crippen LogP contribution in [-0.4, -0.2) is 34.6 Å². The highest BCUT2D eigenvalue weighted by atomic mass is 32.2. The zero-order valence-corrected chi connectivity index (χ0v) is 19.3. The van der Waals surface area contributed by atoms with Gasteiger partial charge >= 0.3 is 5.97 Å². The smallest absolute Gasteiger partial charge is 0.338 e. The molecule has 0 aromatic heterocycles. The van der Waals surface area contributed by atoms with E-state index in [0.717, 1.165) is 28.5 Å². The van der Waals surface area contributed by atoms with Crippen molar-refractivity contribution in [3.05, 3.63) is 57.8 Å². The van der Waals surface area contributed by atoms with Crippen molar-refractivity contribution in [2.24, 2.45) is 10.9 Å². The SMILES string of the molecule is CC1=C(C(=O)OC(C)C)C(c2ccc(C)cc2)N2C(CC(=O)NCC3CC3)=CSC2=N1. The number of amides is 1. The van der Waals surface area contributed by atoms with E-state index >= 15 is 0 Å². The van der Waals surface area contributed by atoms with Crippen LogP contribution in [0, 0.1) is 12.8 Å². The molecule has 1 N–H and O–H groups in total. The summed E-state index contributed by atoms with van der Waals surface area (Å²) in [6.45, 7) is 8.31. The predicted molar refractivity (Wildman–Crippen MR) is 123 cm³/mol.